The first-order chi connectivity index (χ1) is 9.58. The van der Waals surface area contributed by atoms with Gasteiger partial charge in [0.1, 0.15) is 0 Å². The van der Waals surface area contributed by atoms with E-state index in [1.807, 2.05) is 29.2 Å². The number of nitrogens with one attached hydrogen (secondary N) is 1. The van der Waals surface area contributed by atoms with Crippen molar-refractivity contribution in [3.8, 4) is 0 Å². The third-order valence-corrected chi connectivity index (χ3v) is 3.81. The Labute approximate surface area is 120 Å². The number of hydrogen-bond acceptors (Lipinski definition) is 2. The summed E-state index contributed by atoms with van der Waals surface area (Å²) in [7, 11) is 0. The van der Waals surface area contributed by atoms with E-state index < -0.39 is 0 Å². The van der Waals surface area contributed by atoms with Crippen LogP contribution in [0.15, 0.2) is 24.3 Å². The number of amides is 2. The van der Waals surface area contributed by atoms with Crippen LogP contribution in [0, 0.1) is 0 Å². The molecule has 20 heavy (non-hydrogen) atoms. The van der Waals surface area contributed by atoms with Gasteiger partial charge in [-0.05, 0) is 43.9 Å². The molecule has 2 amide bonds. The number of carbonyl (C=O) groups excluding carboxylic acids is 2. The maximum absolute atomic E-state index is 12.4. The second-order valence-electron chi connectivity index (χ2n) is 5.45. The van der Waals surface area contributed by atoms with Crippen LogP contribution < -0.4 is 5.32 Å². The summed E-state index contributed by atoms with van der Waals surface area (Å²) in [6, 6.07) is 7.83. The highest BCUT2D eigenvalue weighted by molar-refractivity contribution is 5.94. The van der Waals surface area contributed by atoms with Crippen LogP contribution in [0.25, 0.3) is 0 Å². The van der Waals surface area contributed by atoms with E-state index >= 15 is 0 Å². The molecule has 1 unspecified atom stereocenters. The van der Waals surface area contributed by atoms with Gasteiger partial charge in [0, 0.05) is 31.6 Å². The largest absolute Gasteiger partial charge is 0.352 e. The molecule has 1 aliphatic rings. The van der Waals surface area contributed by atoms with E-state index in [9.17, 15) is 9.59 Å². The molecule has 1 fully saturated rings. The lowest BCUT2D eigenvalue weighted by atomic mass is 10.0. The van der Waals surface area contributed by atoms with Gasteiger partial charge in [-0.3, -0.25) is 9.59 Å². The van der Waals surface area contributed by atoms with Gasteiger partial charge >= 0.3 is 0 Å². The molecular weight excluding hydrogens is 252 g/mol. The molecule has 1 aromatic carbocycles. The van der Waals surface area contributed by atoms with E-state index in [1.54, 1.807) is 0 Å². The maximum Gasteiger partial charge on any atom is 0.254 e. The molecule has 4 heteroatoms. The molecule has 108 valence electrons. The van der Waals surface area contributed by atoms with Crippen LogP contribution in [0.1, 0.15) is 49.0 Å². The number of rotatable bonds is 3. The number of benzene rings is 1. The molecule has 1 aromatic rings. The Morgan fingerprint density at radius 3 is 2.55 bits per heavy atom. The molecule has 2 rings (SSSR count). The number of likely N-dealkylation sites (tertiary alicyclic amines) is 1. The first-order valence-electron chi connectivity index (χ1n) is 7.22. The van der Waals surface area contributed by atoms with E-state index in [1.165, 1.54) is 13.3 Å². The zero-order valence-corrected chi connectivity index (χ0v) is 12.2. The van der Waals surface area contributed by atoms with Crippen molar-refractivity contribution in [2.45, 2.75) is 45.7 Å². The minimum atomic E-state index is -0.0488. The van der Waals surface area contributed by atoms with Gasteiger partial charge < -0.3 is 10.2 Å². The van der Waals surface area contributed by atoms with Crippen LogP contribution in [-0.2, 0) is 11.3 Å². The van der Waals surface area contributed by atoms with Crippen molar-refractivity contribution >= 4 is 11.8 Å². The van der Waals surface area contributed by atoms with Crippen molar-refractivity contribution in [1.29, 1.82) is 0 Å². The maximum atomic E-state index is 12.4. The summed E-state index contributed by atoms with van der Waals surface area (Å²) < 4.78 is 0. The molecule has 4 nitrogen and oxygen atoms in total. The molecule has 1 aliphatic heterocycles. The zero-order chi connectivity index (χ0) is 14.5. The van der Waals surface area contributed by atoms with E-state index in [0.717, 1.165) is 30.5 Å². The van der Waals surface area contributed by atoms with Crippen LogP contribution in [-0.4, -0.2) is 29.3 Å². The van der Waals surface area contributed by atoms with Gasteiger partial charge in [-0.1, -0.05) is 12.1 Å². The second kappa shape index (κ2) is 6.55. The Bertz CT molecular complexity index is 482. The monoisotopic (exact) mass is 274 g/mol. The molecule has 0 spiro atoms. The summed E-state index contributed by atoms with van der Waals surface area (Å²) in [4.78, 5) is 25.3. The van der Waals surface area contributed by atoms with Crippen LogP contribution in [0.3, 0.4) is 0 Å². The summed E-state index contributed by atoms with van der Waals surface area (Å²) in [5, 5.41) is 2.75. The minimum Gasteiger partial charge on any atom is -0.352 e. The van der Waals surface area contributed by atoms with Crippen LogP contribution in [0.4, 0.5) is 0 Å². The molecule has 0 bridgehead atoms. The van der Waals surface area contributed by atoms with Gasteiger partial charge in [-0.25, -0.2) is 0 Å². The fraction of sp³-hybridized carbons (Fsp3) is 0.500. The van der Waals surface area contributed by atoms with Gasteiger partial charge in [-0.2, -0.15) is 0 Å². The molecule has 0 aromatic heterocycles. The highest BCUT2D eigenvalue weighted by atomic mass is 16.2. The Morgan fingerprint density at radius 2 is 1.95 bits per heavy atom. The van der Waals surface area contributed by atoms with Crippen molar-refractivity contribution in [3.05, 3.63) is 35.4 Å². The molecule has 1 heterocycles. The third kappa shape index (κ3) is 3.59. The number of carbonyl (C=O) groups is 2. The summed E-state index contributed by atoms with van der Waals surface area (Å²) in [6.45, 7) is 4.97. The van der Waals surface area contributed by atoms with Crippen LogP contribution in [0.5, 0.6) is 0 Å². The van der Waals surface area contributed by atoms with Crippen molar-refractivity contribution in [3.63, 3.8) is 0 Å². The van der Waals surface area contributed by atoms with E-state index in [2.05, 4.69) is 12.2 Å². The van der Waals surface area contributed by atoms with Gasteiger partial charge in [0.25, 0.3) is 5.91 Å². The molecule has 1 saturated heterocycles. The molecule has 0 radical (unpaired) electrons. The smallest absolute Gasteiger partial charge is 0.254 e. The van der Waals surface area contributed by atoms with Crippen molar-refractivity contribution in [2.75, 3.05) is 6.54 Å². The molecule has 0 saturated carbocycles. The van der Waals surface area contributed by atoms with Crippen LogP contribution >= 0.6 is 0 Å². The van der Waals surface area contributed by atoms with E-state index in [-0.39, 0.29) is 11.8 Å². The van der Waals surface area contributed by atoms with Crippen LogP contribution in [0.2, 0.25) is 0 Å². The highest BCUT2D eigenvalue weighted by Gasteiger charge is 2.23. The van der Waals surface area contributed by atoms with E-state index in [0.29, 0.717) is 12.6 Å². The molecule has 1 N–H and O–H groups in total. The highest BCUT2D eigenvalue weighted by Crippen LogP contribution is 2.19. The first kappa shape index (κ1) is 14.6. The van der Waals surface area contributed by atoms with Gasteiger partial charge in [0.05, 0.1) is 0 Å². The van der Waals surface area contributed by atoms with Crippen molar-refractivity contribution < 1.29 is 9.59 Å². The SMILES string of the molecule is CC(=O)NCc1ccc(C(=O)N2CCCCC2C)cc1. The summed E-state index contributed by atoms with van der Waals surface area (Å²) in [5.41, 5.74) is 1.73. The predicted molar refractivity (Wildman–Crippen MR) is 78.3 cm³/mol. The zero-order valence-electron chi connectivity index (χ0n) is 12.2. The molecular formula is C16H22N2O2. The third-order valence-electron chi connectivity index (χ3n) is 3.81. The Morgan fingerprint density at radius 1 is 1.25 bits per heavy atom. The Balaban J connectivity index is 2.01. The second-order valence-corrected chi connectivity index (χ2v) is 5.45. The quantitative estimate of drug-likeness (QED) is 0.919. The summed E-state index contributed by atoms with van der Waals surface area (Å²) in [6.07, 6.45) is 3.39. The lowest BCUT2D eigenvalue weighted by molar-refractivity contribution is -0.119. The number of piperidine rings is 1. The number of nitrogens with zero attached hydrogens (tertiary/aromatic N) is 1. The van der Waals surface area contributed by atoms with Crippen molar-refractivity contribution in [1.82, 2.24) is 10.2 Å². The molecule has 0 aliphatic carbocycles. The fourth-order valence-corrected chi connectivity index (χ4v) is 2.56. The fourth-order valence-electron chi connectivity index (χ4n) is 2.56. The lowest BCUT2D eigenvalue weighted by Crippen LogP contribution is -2.42. The predicted octanol–water partition coefficient (Wildman–Crippen LogP) is 2.34. The minimum absolute atomic E-state index is 0.0488. The van der Waals surface area contributed by atoms with Gasteiger partial charge in [-0.15, -0.1) is 0 Å². The normalized spacial score (nSPS) is 18.7. The Hall–Kier alpha value is -1.84. The molecule has 1 atom stereocenters. The summed E-state index contributed by atoms with van der Waals surface area (Å²) >= 11 is 0. The average Bonchev–Trinajstić information content (AvgIpc) is 2.45. The Kier molecular flexibility index (Phi) is 4.77. The van der Waals surface area contributed by atoms with Gasteiger partial charge in [0.15, 0.2) is 0 Å². The topological polar surface area (TPSA) is 49.4 Å². The summed E-state index contributed by atoms with van der Waals surface area (Å²) in [5.74, 6) is 0.0653. The van der Waals surface area contributed by atoms with E-state index in [4.69, 9.17) is 0 Å². The standard InChI is InChI=1S/C16H22N2O2/c1-12-5-3-4-10-18(12)16(20)15-8-6-14(7-9-15)11-17-13(2)19/h6-9,12H,3-5,10-11H2,1-2H3,(H,17,19). The lowest BCUT2D eigenvalue weighted by Gasteiger charge is -2.33. The average molecular weight is 274 g/mol. The van der Waals surface area contributed by atoms with Crippen molar-refractivity contribution in [2.24, 2.45) is 0 Å². The number of hydrogen-bond donors (Lipinski definition) is 1. The first-order valence-corrected chi connectivity index (χ1v) is 7.22. The van der Waals surface area contributed by atoms with Gasteiger partial charge in [0.2, 0.25) is 5.91 Å².